The molecule has 39 heavy (non-hydrogen) atoms. The Labute approximate surface area is 224 Å². The van der Waals surface area contributed by atoms with E-state index in [1.165, 1.54) is 6.92 Å². The number of nitrogens with one attached hydrogen (secondary N) is 1. The highest BCUT2D eigenvalue weighted by molar-refractivity contribution is 5.85. The SMILES string of the molecule is C[C@@H]1O[C@@H](OCCNC(=O)CN(CC(=O)O)C(=O)OCC2c3ccccc3-c3ccccc32)[C@@H](O)[C@H](O)[C@@H]1O. The van der Waals surface area contributed by atoms with Gasteiger partial charge >= 0.3 is 12.1 Å². The second kappa shape index (κ2) is 12.5. The number of aliphatic carboxylic acids is 1. The second-order valence-corrected chi connectivity index (χ2v) is 9.46. The van der Waals surface area contributed by atoms with Crippen LogP contribution in [0.1, 0.15) is 24.0 Å². The molecular formula is C27H32N2O10. The number of aliphatic hydroxyl groups is 3. The van der Waals surface area contributed by atoms with Crippen LogP contribution in [-0.2, 0) is 23.8 Å². The van der Waals surface area contributed by atoms with Crippen LogP contribution in [0.3, 0.4) is 0 Å². The van der Waals surface area contributed by atoms with Crippen LogP contribution in [-0.4, -0.2) is 107 Å². The third kappa shape index (κ3) is 6.54. The van der Waals surface area contributed by atoms with Gasteiger partial charge in [-0.15, -0.1) is 0 Å². The number of carbonyl (C=O) groups excluding carboxylic acids is 2. The molecule has 5 N–H and O–H groups in total. The number of carbonyl (C=O) groups is 3. The summed E-state index contributed by atoms with van der Waals surface area (Å²) in [6, 6.07) is 15.6. The highest BCUT2D eigenvalue weighted by Crippen LogP contribution is 2.44. The smallest absolute Gasteiger partial charge is 0.410 e. The molecule has 12 heteroatoms. The topological polar surface area (TPSA) is 175 Å². The van der Waals surface area contributed by atoms with Gasteiger partial charge in [0.15, 0.2) is 6.29 Å². The van der Waals surface area contributed by atoms with Gasteiger partial charge in [0.25, 0.3) is 0 Å². The van der Waals surface area contributed by atoms with Gasteiger partial charge in [-0.1, -0.05) is 48.5 Å². The molecule has 4 rings (SSSR count). The summed E-state index contributed by atoms with van der Waals surface area (Å²) in [7, 11) is 0. The second-order valence-electron chi connectivity index (χ2n) is 9.46. The van der Waals surface area contributed by atoms with Crippen LogP contribution in [0, 0.1) is 0 Å². The molecule has 0 bridgehead atoms. The van der Waals surface area contributed by atoms with Crippen molar-refractivity contribution in [2.45, 2.75) is 43.5 Å². The Bertz CT molecular complexity index is 1150. The van der Waals surface area contributed by atoms with E-state index < -0.39 is 61.8 Å². The molecule has 2 aromatic carbocycles. The number of ether oxygens (including phenoxy) is 3. The molecule has 1 aliphatic carbocycles. The van der Waals surface area contributed by atoms with E-state index in [1.54, 1.807) is 0 Å². The Hall–Kier alpha value is -3.55. The fourth-order valence-electron chi connectivity index (χ4n) is 4.78. The van der Waals surface area contributed by atoms with Gasteiger partial charge in [0.2, 0.25) is 5.91 Å². The van der Waals surface area contributed by atoms with Crippen LogP contribution in [0.4, 0.5) is 4.79 Å². The van der Waals surface area contributed by atoms with E-state index in [4.69, 9.17) is 14.2 Å². The lowest BCUT2D eigenvalue weighted by Crippen LogP contribution is -2.57. The fraction of sp³-hybridized carbons (Fsp3) is 0.444. The van der Waals surface area contributed by atoms with Crippen molar-refractivity contribution in [1.82, 2.24) is 10.2 Å². The lowest BCUT2D eigenvalue weighted by Gasteiger charge is -2.38. The van der Waals surface area contributed by atoms with Gasteiger partial charge in [-0.25, -0.2) is 4.79 Å². The minimum absolute atomic E-state index is 0.0267. The number of amides is 2. The first-order valence-electron chi connectivity index (χ1n) is 12.6. The average molecular weight is 545 g/mol. The zero-order valence-electron chi connectivity index (χ0n) is 21.3. The Balaban J connectivity index is 1.28. The Morgan fingerprint density at radius 2 is 1.54 bits per heavy atom. The molecular weight excluding hydrogens is 512 g/mol. The van der Waals surface area contributed by atoms with Crippen LogP contribution in [0.15, 0.2) is 48.5 Å². The fourth-order valence-corrected chi connectivity index (χ4v) is 4.78. The molecule has 2 aromatic rings. The minimum atomic E-state index is -1.48. The largest absolute Gasteiger partial charge is 0.480 e. The van der Waals surface area contributed by atoms with Crippen molar-refractivity contribution in [3.8, 4) is 11.1 Å². The average Bonchev–Trinajstić information content (AvgIpc) is 3.24. The molecule has 0 radical (unpaired) electrons. The number of hydrogen-bond acceptors (Lipinski definition) is 9. The van der Waals surface area contributed by atoms with Crippen LogP contribution in [0.2, 0.25) is 0 Å². The van der Waals surface area contributed by atoms with Gasteiger partial charge < -0.3 is 40.0 Å². The van der Waals surface area contributed by atoms with Crippen molar-refractivity contribution in [3.63, 3.8) is 0 Å². The third-order valence-corrected chi connectivity index (χ3v) is 6.77. The summed E-state index contributed by atoms with van der Waals surface area (Å²) in [6.07, 6.45) is -7.12. The van der Waals surface area contributed by atoms with Crippen LogP contribution in [0.25, 0.3) is 11.1 Å². The first-order chi connectivity index (χ1) is 18.7. The molecule has 1 fully saturated rings. The summed E-state index contributed by atoms with van der Waals surface area (Å²) < 4.78 is 16.1. The van der Waals surface area contributed by atoms with Crippen molar-refractivity contribution in [3.05, 3.63) is 59.7 Å². The predicted molar refractivity (Wildman–Crippen MR) is 136 cm³/mol. The molecule has 2 aliphatic rings. The summed E-state index contributed by atoms with van der Waals surface area (Å²) in [5.41, 5.74) is 4.09. The number of fused-ring (bicyclic) bond motifs is 3. The normalized spacial score (nSPS) is 23.9. The molecule has 1 saturated heterocycles. The zero-order chi connectivity index (χ0) is 28.1. The molecule has 1 heterocycles. The molecule has 5 atom stereocenters. The van der Waals surface area contributed by atoms with Gasteiger partial charge in [0, 0.05) is 12.5 Å². The summed E-state index contributed by atoms with van der Waals surface area (Å²) in [6.45, 7) is 0.0184. The standard InChI is InChI=1S/C27H32N2O10/c1-15-23(33)24(34)25(35)26(39-15)37-11-10-28-21(30)12-29(13-22(31)32)27(36)38-14-20-18-8-4-2-6-16(18)17-7-3-5-9-19(17)20/h2-9,15,20,23-26,33-35H,10-14H2,1H3,(H,28,30)(H,31,32)/t15-,23+,24+,25-,26+/m0/s1. The van der Waals surface area contributed by atoms with E-state index in [-0.39, 0.29) is 25.7 Å². The monoisotopic (exact) mass is 544 g/mol. The van der Waals surface area contributed by atoms with Crippen molar-refractivity contribution in [2.24, 2.45) is 0 Å². The quantitative estimate of drug-likeness (QED) is 0.261. The molecule has 0 spiro atoms. The molecule has 0 saturated carbocycles. The van der Waals surface area contributed by atoms with E-state index in [0.717, 1.165) is 27.2 Å². The molecule has 0 aromatic heterocycles. The van der Waals surface area contributed by atoms with E-state index in [0.29, 0.717) is 0 Å². The van der Waals surface area contributed by atoms with Gasteiger partial charge in [0.1, 0.15) is 38.0 Å². The maximum atomic E-state index is 12.8. The van der Waals surface area contributed by atoms with Crippen LogP contribution >= 0.6 is 0 Å². The summed E-state index contributed by atoms with van der Waals surface area (Å²) in [5, 5.41) is 41.3. The van der Waals surface area contributed by atoms with Gasteiger partial charge in [-0.05, 0) is 29.2 Å². The maximum Gasteiger partial charge on any atom is 0.410 e. The lowest BCUT2D eigenvalue weighted by atomic mass is 9.98. The highest BCUT2D eigenvalue weighted by Gasteiger charge is 2.42. The summed E-state index contributed by atoms with van der Waals surface area (Å²) >= 11 is 0. The molecule has 12 nitrogen and oxygen atoms in total. The first-order valence-corrected chi connectivity index (χ1v) is 12.6. The van der Waals surface area contributed by atoms with Gasteiger partial charge in [-0.3, -0.25) is 14.5 Å². The summed E-state index contributed by atoms with van der Waals surface area (Å²) in [5.74, 6) is -2.18. The number of hydrogen-bond donors (Lipinski definition) is 5. The number of rotatable bonds is 10. The van der Waals surface area contributed by atoms with Crippen molar-refractivity contribution >= 4 is 18.0 Å². The highest BCUT2D eigenvalue weighted by atomic mass is 16.7. The maximum absolute atomic E-state index is 12.8. The van der Waals surface area contributed by atoms with E-state index >= 15 is 0 Å². The third-order valence-electron chi connectivity index (χ3n) is 6.77. The van der Waals surface area contributed by atoms with Crippen molar-refractivity contribution < 1.29 is 49.0 Å². The van der Waals surface area contributed by atoms with Crippen molar-refractivity contribution in [1.29, 1.82) is 0 Å². The van der Waals surface area contributed by atoms with Gasteiger partial charge in [-0.2, -0.15) is 0 Å². The molecule has 1 aliphatic heterocycles. The van der Waals surface area contributed by atoms with Crippen molar-refractivity contribution in [2.75, 3.05) is 32.8 Å². The van der Waals surface area contributed by atoms with Gasteiger partial charge in [0.05, 0.1) is 12.7 Å². The first kappa shape index (κ1) is 28.5. The molecule has 2 amide bonds. The number of carboxylic acid groups (broad SMARTS) is 1. The minimum Gasteiger partial charge on any atom is -0.480 e. The Morgan fingerprint density at radius 1 is 0.923 bits per heavy atom. The van der Waals surface area contributed by atoms with E-state index in [9.17, 15) is 34.8 Å². The van der Waals surface area contributed by atoms with Crippen LogP contribution < -0.4 is 5.32 Å². The van der Waals surface area contributed by atoms with E-state index in [2.05, 4.69) is 5.32 Å². The number of aliphatic hydroxyl groups excluding tert-OH is 3. The number of carboxylic acids is 1. The molecule has 0 unspecified atom stereocenters. The zero-order valence-corrected chi connectivity index (χ0v) is 21.3. The number of nitrogens with zero attached hydrogens (tertiary/aromatic N) is 1. The van der Waals surface area contributed by atoms with E-state index in [1.807, 2.05) is 48.5 Å². The Morgan fingerprint density at radius 3 is 2.15 bits per heavy atom. The predicted octanol–water partition coefficient (Wildman–Crippen LogP) is 0.282. The molecule has 210 valence electrons. The lowest BCUT2D eigenvalue weighted by molar-refractivity contribution is -0.292. The van der Waals surface area contributed by atoms with Crippen LogP contribution in [0.5, 0.6) is 0 Å². The number of benzene rings is 2. The summed E-state index contributed by atoms with van der Waals surface area (Å²) in [4.78, 5) is 37.4. The Kier molecular flexibility index (Phi) is 9.15.